The number of para-hydroxylation sites is 1. The van der Waals surface area contributed by atoms with Gasteiger partial charge in [-0.15, -0.1) is 0 Å². The number of thioether (sulfide) groups is 1. The normalized spacial score (nSPS) is 16.0. The van der Waals surface area contributed by atoms with Crippen molar-refractivity contribution in [2.75, 3.05) is 13.2 Å². The van der Waals surface area contributed by atoms with E-state index in [0.717, 1.165) is 11.8 Å². The van der Waals surface area contributed by atoms with Crippen molar-refractivity contribution in [2.24, 2.45) is 4.99 Å². The summed E-state index contributed by atoms with van der Waals surface area (Å²) < 4.78 is 25.1. The maximum absolute atomic E-state index is 13.8. The predicted molar refractivity (Wildman–Crippen MR) is 116 cm³/mol. The van der Waals surface area contributed by atoms with Gasteiger partial charge in [0.25, 0.3) is 5.91 Å². The molecular weight excluding hydrogens is 479 g/mol. The topological polar surface area (TPSA) is 97.2 Å². The average molecular weight is 495 g/mol. The molecule has 1 aliphatic heterocycles. The van der Waals surface area contributed by atoms with Gasteiger partial charge >= 0.3 is 5.97 Å². The van der Waals surface area contributed by atoms with Crippen LogP contribution in [0, 0.1) is 5.82 Å². The molecular formula is C20H16BrFN2O5S. The first-order valence-corrected chi connectivity index (χ1v) is 10.3. The smallest absolute Gasteiger partial charge is 0.341 e. The zero-order chi connectivity index (χ0) is 21.7. The van der Waals surface area contributed by atoms with Gasteiger partial charge in [-0.25, -0.2) is 14.2 Å². The van der Waals surface area contributed by atoms with Gasteiger partial charge in [0, 0.05) is 0 Å². The van der Waals surface area contributed by atoms with Gasteiger partial charge in [-0.2, -0.15) is 0 Å². The highest BCUT2D eigenvalue weighted by atomic mass is 79.9. The van der Waals surface area contributed by atoms with Gasteiger partial charge in [-0.1, -0.05) is 12.1 Å². The molecule has 0 spiro atoms. The largest absolute Gasteiger partial charge is 0.490 e. The SMILES string of the molecule is CCOc1cc(/C=C2\SC(=Nc3ccccc3F)NC2=O)cc(Br)c1OCC(=O)O. The van der Waals surface area contributed by atoms with Gasteiger partial charge in [0.05, 0.1) is 16.0 Å². The van der Waals surface area contributed by atoms with E-state index >= 15 is 0 Å². The molecule has 0 aromatic heterocycles. The van der Waals surface area contributed by atoms with Crippen molar-refractivity contribution in [1.82, 2.24) is 5.32 Å². The Morgan fingerprint density at radius 1 is 1.33 bits per heavy atom. The lowest BCUT2D eigenvalue weighted by Gasteiger charge is -2.13. The van der Waals surface area contributed by atoms with E-state index in [1.54, 1.807) is 37.3 Å². The van der Waals surface area contributed by atoms with E-state index in [1.165, 1.54) is 12.1 Å². The van der Waals surface area contributed by atoms with Crippen molar-refractivity contribution in [1.29, 1.82) is 0 Å². The number of halogens is 2. The van der Waals surface area contributed by atoms with Gasteiger partial charge in [0.15, 0.2) is 23.3 Å². The minimum Gasteiger partial charge on any atom is -0.490 e. The maximum Gasteiger partial charge on any atom is 0.341 e. The van der Waals surface area contributed by atoms with E-state index in [2.05, 4.69) is 26.2 Å². The number of carboxylic acid groups (broad SMARTS) is 1. The third kappa shape index (κ3) is 5.39. The van der Waals surface area contributed by atoms with Crippen LogP contribution in [0.1, 0.15) is 12.5 Å². The molecule has 1 saturated heterocycles. The highest BCUT2D eigenvalue weighted by molar-refractivity contribution is 9.10. The Morgan fingerprint density at radius 2 is 2.10 bits per heavy atom. The van der Waals surface area contributed by atoms with Gasteiger partial charge in [-0.05, 0) is 70.5 Å². The van der Waals surface area contributed by atoms with Crippen molar-refractivity contribution in [2.45, 2.75) is 6.92 Å². The molecule has 1 heterocycles. The molecule has 0 aliphatic carbocycles. The Morgan fingerprint density at radius 3 is 2.80 bits per heavy atom. The fourth-order valence-electron chi connectivity index (χ4n) is 2.49. The van der Waals surface area contributed by atoms with Crippen LogP contribution >= 0.6 is 27.7 Å². The zero-order valence-electron chi connectivity index (χ0n) is 15.6. The van der Waals surface area contributed by atoms with E-state index in [0.29, 0.717) is 27.3 Å². The number of ether oxygens (including phenoxy) is 2. The summed E-state index contributed by atoms with van der Waals surface area (Å²) >= 11 is 4.43. The molecule has 0 atom stereocenters. The lowest BCUT2D eigenvalue weighted by molar-refractivity contribution is -0.139. The fraction of sp³-hybridized carbons (Fsp3) is 0.150. The molecule has 3 rings (SSSR count). The summed E-state index contributed by atoms with van der Waals surface area (Å²) in [6.07, 6.45) is 1.62. The molecule has 0 radical (unpaired) electrons. The number of nitrogens with zero attached hydrogens (tertiary/aromatic N) is 1. The van der Waals surface area contributed by atoms with E-state index in [9.17, 15) is 14.0 Å². The third-order valence-corrected chi connectivity index (χ3v) is 5.19. The monoisotopic (exact) mass is 494 g/mol. The molecule has 1 amide bonds. The molecule has 156 valence electrons. The first-order chi connectivity index (χ1) is 14.4. The number of rotatable bonds is 7. The molecule has 7 nitrogen and oxygen atoms in total. The fourth-order valence-corrected chi connectivity index (χ4v) is 3.90. The second kappa shape index (κ2) is 9.77. The van der Waals surface area contributed by atoms with Crippen LogP contribution in [-0.4, -0.2) is 35.4 Å². The number of amidine groups is 1. The maximum atomic E-state index is 13.8. The first kappa shape index (κ1) is 21.8. The quantitative estimate of drug-likeness (QED) is 0.555. The number of nitrogens with one attached hydrogen (secondary N) is 1. The summed E-state index contributed by atoms with van der Waals surface area (Å²) in [6.45, 7) is 1.60. The van der Waals surface area contributed by atoms with Crippen LogP contribution in [0.2, 0.25) is 0 Å². The highest BCUT2D eigenvalue weighted by Gasteiger charge is 2.24. The first-order valence-electron chi connectivity index (χ1n) is 8.72. The predicted octanol–water partition coefficient (Wildman–Crippen LogP) is 4.34. The van der Waals surface area contributed by atoms with Gasteiger partial charge in [0.1, 0.15) is 11.5 Å². The van der Waals surface area contributed by atoms with E-state index in [4.69, 9.17) is 14.6 Å². The minimum absolute atomic E-state index is 0.128. The summed E-state index contributed by atoms with van der Waals surface area (Å²) in [4.78, 5) is 27.6. The van der Waals surface area contributed by atoms with E-state index in [1.807, 2.05) is 0 Å². The van der Waals surface area contributed by atoms with Gasteiger partial charge in [-0.3, -0.25) is 4.79 Å². The number of carboxylic acids is 1. The van der Waals surface area contributed by atoms with Crippen molar-refractivity contribution >= 4 is 56.5 Å². The van der Waals surface area contributed by atoms with Crippen LogP contribution < -0.4 is 14.8 Å². The minimum atomic E-state index is -1.11. The summed E-state index contributed by atoms with van der Waals surface area (Å²) in [6, 6.07) is 9.32. The standard InChI is InChI=1S/C20H16BrFN2O5S/c1-2-28-15-8-11(7-12(21)18(15)29-10-17(25)26)9-16-19(27)24-20(30-16)23-14-6-4-3-5-13(14)22/h3-9H,2,10H2,1H3,(H,25,26)(H,23,24,27)/b16-9-. The van der Waals surface area contributed by atoms with Crippen LogP contribution in [0.4, 0.5) is 10.1 Å². The van der Waals surface area contributed by atoms with Crippen LogP contribution in [-0.2, 0) is 9.59 Å². The molecule has 0 bridgehead atoms. The molecule has 2 aromatic rings. The number of aliphatic carboxylic acids is 1. The summed E-state index contributed by atoms with van der Waals surface area (Å²) in [5.74, 6) is -1.37. The second-order valence-corrected chi connectivity index (χ2v) is 7.76. The Hall–Kier alpha value is -2.85. The van der Waals surface area contributed by atoms with Crippen LogP contribution in [0.25, 0.3) is 6.08 Å². The molecule has 2 N–H and O–H groups in total. The number of benzene rings is 2. The van der Waals surface area contributed by atoms with Crippen molar-refractivity contribution in [3.8, 4) is 11.5 Å². The van der Waals surface area contributed by atoms with Crippen molar-refractivity contribution in [3.05, 3.63) is 57.2 Å². The Balaban J connectivity index is 1.88. The molecule has 0 unspecified atom stereocenters. The molecule has 1 fully saturated rings. The molecule has 1 aliphatic rings. The Kier molecular flexibility index (Phi) is 7.11. The number of amides is 1. The van der Waals surface area contributed by atoms with E-state index < -0.39 is 18.4 Å². The van der Waals surface area contributed by atoms with Crippen LogP contribution in [0.15, 0.2) is 50.8 Å². The summed E-state index contributed by atoms with van der Waals surface area (Å²) in [7, 11) is 0. The number of aliphatic imine (C=N–C) groups is 1. The van der Waals surface area contributed by atoms with Crippen molar-refractivity contribution in [3.63, 3.8) is 0 Å². The Bertz CT molecular complexity index is 1060. The van der Waals surface area contributed by atoms with Gasteiger partial charge in [0.2, 0.25) is 0 Å². The molecule has 0 saturated carbocycles. The second-order valence-electron chi connectivity index (χ2n) is 5.88. The van der Waals surface area contributed by atoms with E-state index in [-0.39, 0.29) is 22.5 Å². The Labute approximate surface area is 184 Å². The molecule has 2 aromatic carbocycles. The number of carbonyl (C=O) groups is 2. The van der Waals surface area contributed by atoms with Crippen molar-refractivity contribution < 1.29 is 28.6 Å². The molecule has 10 heteroatoms. The highest BCUT2D eigenvalue weighted by Crippen LogP contribution is 2.38. The lowest BCUT2D eigenvalue weighted by atomic mass is 10.2. The number of hydrogen-bond donors (Lipinski definition) is 2. The number of carbonyl (C=O) groups excluding carboxylic acids is 1. The zero-order valence-corrected chi connectivity index (χ0v) is 18.0. The van der Waals surface area contributed by atoms with Crippen LogP contribution in [0.3, 0.4) is 0 Å². The number of hydrogen-bond acceptors (Lipinski definition) is 6. The van der Waals surface area contributed by atoms with Gasteiger partial charge < -0.3 is 19.9 Å². The third-order valence-electron chi connectivity index (χ3n) is 3.69. The summed E-state index contributed by atoms with van der Waals surface area (Å²) in [5, 5.41) is 11.7. The molecule has 30 heavy (non-hydrogen) atoms. The summed E-state index contributed by atoms with van der Waals surface area (Å²) in [5.41, 5.74) is 0.751. The lowest BCUT2D eigenvalue weighted by Crippen LogP contribution is -2.19. The van der Waals surface area contributed by atoms with Crippen LogP contribution in [0.5, 0.6) is 11.5 Å². The average Bonchev–Trinajstić information content (AvgIpc) is 3.02.